The molecule has 0 bridgehead atoms. The second kappa shape index (κ2) is 6.78. The van der Waals surface area contributed by atoms with Gasteiger partial charge < -0.3 is 5.11 Å². The first-order valence-electron chi connectivity index (χ1n) is 7.57. The van der Waals surface area contributed by atoms with Gasteiger partial charge in [0.15, 0.2) is 0 Å². The fraction of sp³-hybridized carbons (Fsp3) is 1.00. The molecule has 17 heavy (non-hydrogen) atoms. The average Bonchev–Trinajstić information content (AvgIpc) is 2.26. The predicted molar refractivity (Wildman–Crippen MR) is 75.1 cm³/mol. The summed E-state index contributed by atoms with van der Waals surface area (Å²) in [6.45, 7) is 9.08. The van der Waals surface area contributed by atoms with Gasteiger partial charge in [0.2, 0.25) is 0 Å². The van der Waals surface area contributed by atoms with Gasteiger partial charge in [0.1, 0.15) is 0 Å². The van der Waals surface area contributed by atoms with Gasteiger partial charge in [0, 0.05) is 0 Å². The minimum atomic E-state index is -0.0776. The number of hydrogen-bond acceptors (Lipinski definition) is 1. The first-order chi connectivity index (χ1) is 7.89. The average molecular weight is 240 g/mol. The molecule has 0 amide bonds. The molecule has 1 aliphatic rings. The topological polar surface area (TPSA) is 20.2 Å². The van der Waals surface area contributed by atoms with Gasteiger partial charge in [-0.05, 0) is 36.5 Å². The lowest BCUT2D eigenvalue weighted by atomic mass is 9.78. The van der Waals surface area contributed by atoms with E-state index >= 15 is 0 Å². The second-order valence-electron chi connectivity index (χ2n) is 7.24. The van der Waals surface area contributed by atoms with Crippen molar-refractivity contribution >= 4 is 0 Å². The zero-order valence-corrected chi connectivity index (χ0v) is 12.3. The molecule has 1 saturated carbocycles. The molecule has 2 atom stereocenters. The number of aliphatic hydroxyl groups excluding tert-OH is 1. The van der Waals surface area contributed by atoms with Crippen molar-refractivity contribution in [1.82, 2.24) is 0 Å². The van der Waals surface area contributed by atoms with E-state index in [0.717, 1.165) is 18.8 Å². The molecule has 1 aliphatic carbocycles. The third-order valence-electron chi connectivity index (χ3n) is 4.74. The number of aliphatic hydroxyl groups is 1. The van der Waals surface area contributed by atoms with E-state index in [0.29, 0.717) is 11.3 Å². The van der Waals surface area contributed by atoms with E-state index in [9.17, 15) is 5.11 Å². The van der Waals surface area contributed by atoms with Crippen LogP contribution in [0, 0.1) is 17.3 Å². The van der Waals surface area contributed by atoms with Crippen LogP contribution in [-0.4, -0.2) is 11.2 Å². The summed E-state index contributed by atoms with van der Waals surface area (Å²) < 4.78 is 0. The van der Waals surface area contributed by atoms with Crippen molar-refractivity contribution in [2.45, 2.75) is 85.2 Å². The zero-order valence-electron chi connectivity index (χ0n) is 12.3. The molecule has 0 aliphatic heterocycles. The zero-order chi connectivity index (χ0) is 12.9. The molecule has 1 rings (SSSR count). The van der Waals surface area contributed by atoms with Gasteiger partial charge in [-0.2, -0.15) is 0 Å². The third kappa shape index (κ3) is 5.90. The first-order valence-corrected chi connectivity index (χ1v) is 7.57. The standard InChI is InChI=1S/C16H32O/c1-13(16(2,3)4)12-15(17)11-10-14-8-6-5-7-9-14/h13-15,17H,5-12H2,1-4H3. The van der Waals surface area contributed by atoms with Crippen LogP contribution in [0.3, 0.4) is 0 Å². The maximum atomic E-state index is 10.1. The summed E-state index contributed by atoms with van der Waals surface area (Å²) in [5, 5.41) is 10.1. The first kappa shape index (κ1) is 15.0. The maximum absolute atomic E-state index is 10.1. The Bertz CT molecular complexity index is 198. The van der Waals surface area contributed by atoms with E-state index in [1.807, 2.05) is 0 Å². The third-order valence-corrected chi connectivity index (χ3v) is 4.74. The quantitative estimate of drug-likeness (QED) is 0.733. The summed E-state index contributed by atoms with van der Waals surface area (Å²) in [5.41, 5.74) is 0.325. The molecule has 102 valence electrons. The Hall–Kier alpha value is -0.0400. The lowest BCUT2D eigenvalue weighted by Gasteiger charge is -2.30. The van der Waals surface area contributed by atoms with Crippen molar-refractivity contribution in [1.29, 1.82) is 0 Å². The molecule has 1 nitrogen and oxygen atoms in total. The largest absolute Gasteiger partial charge is 0.393 e. The molecule has 1 N–H and O–H groups in total. The van der Waals surface area contributed by atoms with Crippen molar-refractivity contribution in [2.24, 2.45) is 17.3 Å². The molecule has 0 heterocycles. The van der Waals surface area contributed by atoms with E-state index in [-0.39, 0.29) is 6.10 Å². The maximum Gasteiger partial charge on any atom is 0.0543 e. The smallest absolute Gasteiger partial charge is 0.0543 e. The normalized spacial score (nSPS) is 22.4. The molecule has 0 aromatic carbocycles. The van der Waals surface area contributed by atoms with Crippen LogP contribution in [0.2, 0.25) is 0 Å². The van der Waals surface area contributed by atoms with Crippen LogP contribution in [0.5, 0.6) is 0 Å². The van der Waals surface area contributed by atoms with Crippen molar-refractivity contribution < 1.29 is 5.11 Å². The van der Waals surface area contributed by atoms with Gasteiger partial charge in [-0.3, -0.25) is 0 Å². The molecular formula is C16H32O. The van der Waals surface area contributed by atoms with Crippen molar-refractivity contribution in [3.63, 3.8) is 0 Å². The van der Waals surface area contributed by atoms with Crippen LogP contribution in [0.25, 0.3) is 0 Å². The van der Waals surface area contributed by atoms with E-state index in [1.165, 1.54) is 38.5 Å². The molecule has 1 heteroatoms. The van der Waals surface area contributed by atoms with Crippen molar-refractivity contribution in [3.8, 4) is 0 Å². The van der Waals surface area contributed by atoms with Crippen LogP contribution >= 0.6 is 0 Å². The van der Waals surface area contributed by atoms with E-state index in [1.54, 1.807) is 0 Å². The molecular weight excluding hydrogens is 208 g/mol. The van der Waals surface area contributed by atoms with Gasteiger partial charge in [0.25, 0.3) is 0 Å². The Kier molecular flexibility index (Phi) is 5.99. The monoisotopic (exact) mass is 240 g/mol. The second-order valence-corrected chi connectivity index (χ2v) is 7.24. The molecule has 1 fully saturated rings. The van der Waals surface area contributed by atoms with Crippen LogP contribution in [0.4, 0.5) is 0 Å². The summed E-state index contributed by atoms with van der Waals surface area (Å²) in [6.07, 6.45) is 10.2. The Balaban J connectivity index is 2.18. The molecule has 0 saturated heterocycles. The molecule has 0 radical (unpaired) electrons. The summed E-state index contributed by atoms with van der Waals surface area (Å²) >= 11 is 0. The minimum Gasteiger partial charge on any atom is -0.393 e. The SMILES string of the molecule is CC(CC(O)CCC1CCCCC1)C(C)(C)C. The van der Waals surface area contributed by atoms with Crippen LogP contribution in [-0.2, 0) is 0 Å². The molecule has 0 spiro atoms. The Morgan fingerprint density at radius 1 is 1.12 bits per heavy atom. The highest BCUT2D eigenvalue weighted by atomic mass is 16.3. The lowest BCUT2D eigenvalue weighted by Crippen LogP contribution is -2.23. The van der Waals surface area contributed by atoms with E-state index in [4.69, 9.17) is 0 Å². The summed E-state index contributed by atoms with van der Waals surface area (Å²) in [4.78, 5) is 0. The van der Waals surface area contributed by atoms with Crippen LogP contribution in [0.15, 0.2) is 0 Å². The molecule has 0 aromatic rings. The van der Waals surface area contributed by atoms with E-state index < -0.39 is 0 Å². The van der Waals surface area contributed by atoms with Gasteiger partial charge >= 0.3 is 0 Å². The van der Waals surface area contributed by atoms with Crippen molar-refractivity contribution in [2.75, 3.05) is 0 Å². The van der Waals surface area contributed by atoms with Crippen LogP contribution in [0.1, 0.15) is 79.1 Å². The Morgan fingerprint density at radius 3 is 2.24 bits per heavy atom. The fourth-order valence-corrected chi connectivity index (χ4v) is 2.78. The fourth-order valence-electron chi connectivity index (χ4n) is 2.78. The van der Waals surface area contributed by atoms with Gasteiger partial charge in [-0.1, -0.05) is 59.8 Å². The molecule has 2 unspecified atom stereocenters. The summed E-state index contributed by atoms with van der Waals surface area (Å²) in [6, 6.07) is 0. The number of hydrogen-bond donors (Lipinski definition) is 1. The van der Waals surface area contributed by atoms with Gasteiger partial charge in [0.05, 0.1) is 6.10 Å². The highest BCUT2D eigenvalue weighted by molar-refractivity contribution is 4.74. The highest BCUT2D eigenvalue weighted by Crippen LogP contribution is 2.32. The lowest BCUT2D eigenvalue weighted by molar-refractivity contribution is 0.0948. The van der Waals surface area contributed by atoms with Crippen LogP contribution < -0.4 is 0 Å². The summed E-state index contributed by atoms with van der Waals surface area (Å²) in [7, 11) is 0. The summed E-state index contributed by atoms with van der Waals surface area (Å²) in [5.74, 6) is 1.51. The van der Waals surface area contributed by atoms with Gasteiger partial charge in [-0.25, -0.2) is 0 Å². The molecule has 0 aromatic heterocycles. The minimum absolute atomic E-state index is 0.0776. The van der Waals surface area contributed by atoms with Gasteiger partial charge in [-0.15, -0.1) is 0 Å². The van der Waals surface area contributed by atoms with Crippen molar-refractivity contribution in [3.05, 3.63) is 0 Å². The number of rotatable bonds is 5. The predicted octanol–water partition coefficient (Wildman–Crippen LogP) is 4.78. The Labute approximate surface area is 108 Å². The highest BCUT2D eigenvalue weighted by Gasteiger charge is 2.23. The van der Waals surface area contributed by atoms with E-state index in [2.05, 4.69) is 27.7 Å². The Morgan fingerprint density at radius 2 is 1.71 bits per heavy atom.